The summed E-state index contributed by atoms with van der Waals surface area (Å²) in [5, 5.41) is 11.0. The number of aliphatic hydroxyl groups is 1. The Balaban J connectivity index is 1.86. The van der Waals surface area contributed by atoms with Gasteiger partial charge in [0.1, 0.15) is 24.7 Å². The number of para-hydroxylation sites is 1. The van der Waals surface area contributed by atoms with Crippen LogP contribution in [0.5, 0.6) is 5.75 Å². The van der Waals surface area contributed by atoms with Gasteiger partial charge < -0.3 is 15.2 Å². The number of hydrogen-bond acceptors (Lipinski definition) is 2. The Labute approximate surface area is 130 Å². The average Bonchev–Trinajstić information content (AvgIpc) is 2.55. The van der Waals surface area contributed by atoms with Crippen LogP contribution in [0.1, 0.15) is 24.0 Å². The molecule has 2 rings (SSSR count). The summed E-state index contributed by atoms with van der Waals surface area (Å²) in [6.07, 6.45) is 1.86. The lowest BCUT2D eigenvalue weighted by Crippen LogP contribution is -2.82. The molecule has 0 aliphatic carbocycles. The van der Waals surface area contributed by atoms with E-state index in [0.29, 0.717) is 6.61 Å². The molecule has 2 aromatic rings. The Hall–Kier alpha value is -1.91. The van der Waals surface area contributed by atoms with Crippen molar-refractivity contribution in [3.63, 3.8) is 0 Å². The molecule has 0 fully saturated rings. The number of halogens is 1. The average molecular weight is 304 g/mol. The van der Waals surface area contributed by atoms with E-state index in [1.807, 2.05) is 18.2 Å². The first-order valence-electron chi connectivity index (χ1n) is 7.67. The van der Waals surface area contributed by atoms with E-state index in [-0.39, 0.29) is 12.4 Å². The van der Waals surface area contributed by atoms with Gasteiger partial charge in [-0.3, -0.25) is 0 Å². The Bertz CT molecular complexity index is 557. The Morgan fingerprint density at radius 3 is 2.55 bits per heavy atom. The topological polar surface area (TPSA) is 46.1 Å². The molecule has 0 heterocycles. The predicted octanol–water partition coefficient (Wildman–Crippen LogP) is 2.24. The van der Waals surface area contributed by atoms with Crippen LogP contribution in [0.4, 0.5) is 4.39 Å². The molecule has 0 radical (unpaired) electrons. The lowest BCUT2D eigenvalue weighted by atomic mass is 10.2. The zero-order valence-corrected chi connectivity index (χ0v) is 12.7. The first-order valence-corrected chi connectivity index (χ1v) is 7.67. The second-order valence-electron chi connectivity index (χ2n) is 5.24. The summed E-state index contributed by atoms with van der Waals surface area (Å²) in [6.45, 7) is 2.53. The summed E-state index contributed by atoms with van der Waals surface area (Å²) in [7, 11) is 0. The molecule has 0 aromatic heterocycles. The predicted molar refractivity (Wildman–Crippen MR) is 84.0 cm³/mol. The quantitative estimate of drug-likeness (QED) is 0.698. The molecular weight excluding hydrogens is 281 g/mol. The molecule has 118 valence electrons. The highest BCUT2D eigenvalue weighted by Gasteiger charge is 2.05. The van der Waals surface area contributed by atoms with Crippen LogP contribution in [0.25, 0.3) is 0 Å². The summed E-state index contributed by atoms with van der Waals surface area (Å²) in [6, 6.07) is 14.3. The fourth-order valence-electron chi connectivity index (χ4n) is 2.21. The summed E-state index contributed by atoms with van der Waals surface area (Å²) < 4.78 is 18.7. The Kier molecular flexibility index (Phi) is 6.87. The van der Waals surface area contributed by atoms with Crippen LogP contribution >= 0.6 is 0 Å². The minimum Gasteiger partial charge on any atom is -0.488 e. The van der Waals surface area contributed by atoms with Crippen molar-refractivity contribution in [2.24, 2.45) is 0 Å². The molecule has 0 spiro atoms. The van der Waals surface area contributed by atoms with Crippen LogP contribution in [0.2, 0.25) is 0 Å². The zero-order valence-electron chi connectivity index (χ0n) is 12.7. The minimum atomic E-state index is -0.235. The normalized spacial score (nSPS) is 10.6. The third-order valence-electron chi connectivity index (χ3n) is 3.46. The van der Waals surface area contributed by atoms with E-state index in [2.05, 4.69) is 11.4 Å². The van der Waals surface area contributed by atoms with E-state index in [9.17, 15) is 4.39 Å². The van der Waals surface area contributed by atoms with Crippen molar-refractivity contribution in [2.75, 3.05) is 13.2 Å². The van der Waals surface area contributed by atoms with Crippen molar-refractivity contribution < 1.29 is 19.6 Å². The number of ether oxygens (including phenoxy) is 1. The molecule has 0 unspecified atom stereocenters. The van der Waals surface area contributed by atoms with Crippen LogP contribution in [-0.2, 0) is 13.2 Å². The number of unbranched alkanes of at least 4 members (excludes halogenated alkanes) is 1. The maximum Gasteiger partial charge on any atom is 0.128 e. The summed E-state index contributed by atoms with van der Waals surface area (Å²) in [4.78, 5) is 0. The number of quaternary nitrogens is 1. The molecule has 0 saturated carbocycles. The SMILES string of the molecule is OCCCC[NH2+]Cc1ccccc1OCc1ccc(F)cc1. The first-order chi connectivity index (χ1) is 10.8. The van der Waals surface area contributed by atoms with Gasteiger partial charge in [-0.05, 0) is 42.7 Å². The van der Waals surface area contributed by atoms with E-state index in [1.165, 1.54) is 12.1 Å². The van der Waals surface area contributed by atoms with Crippen molar-refractivity contribution in [1.82, 2.24) is 0 Å². The number of benzene rings is 2. The second kappa shape index (κ2) is 9.18. The largest absolute Gasteiger partial charge is 0.488 e. The van der Waals surface area contributed by atoms with Gasteiger partial charge in [-0.25, -0.2) is 4.39 Å². The highest BCUT2D eigenvalue weighted by Crippen LogP contribution is 2.18. The molecule has 0 atom stereocenters. The van der Waals surface area contributed by atoms with E-state index >= 15 is 0 Å². The molecule has 0 amide bonds. The molecular formula is C18H23FNO2+. The van der Waals surface area contributed by atoms with Gasteiger partial charge in [-0.15, -0.1) is 0 Å². The van der Waals surface area contributed by atoms with Crippen LogP contribution in [0.15, 0.2) is 48.5 Å². The fourth-order valence-corrected chi connectivity index (χ4v) is 2.21. The van der Waals surface area contributed by atoms with Gasteiger partial charge in [0.05, 0.1) is 6.54 Å². The maximum absolute atomic E-state index is 12.9. The third kappa shape index (κ3) is 5.47. The van der Waals surface area contributed by atoms with Crippen LogP contribution in [0.3, 0.4) is 0 Å². The number of hydrogen-bond donors (Lipinski definition) is 2. The minimum absolute atomic E-state index is 0.235. The first kappa shape index (κ1) is 16.5. The standard InChI is InChI=1S/C18H22FNO2/c19-17-9-7-15(8-10-17)14-22-18-6-2-1-5-16(18)13-20-11-3-4-12-21/h1-2,5-10,20-21H,3-4,11-14H2/p+1. The van der Waals surface area contributed by atoms with Crippen LogP contribution in [-0.4, -0.2) is 18.3 Å². The third-order valence-corrected chi connectivity index (χ3v) is 3.46. The fraction of sp³-hybridized carbons (Fsp3) is 0.333. The molecule has 0 saturated heterocycles. The lowest BCUT2D eigenvalue weighted by molar-refractivity contribution is -0.671. The highest BCUT2D eigenvalue weighted by molar-refractivity contribution is 5.32. The van der Waals surface area contributed by atoms with Gasteiger partial charge in [-0.2, -0.15) is 0 Å². The van der Waals surface area contributed by atoms with E-state index < -0.39 is 0 Å². The number of rotatable bonds is 9. The maximum atomic E-state index is 12.9. The number of nitrogens with two attached hydrogens (primary N) is 1. The summed E-state index contributed by atoms with van der Waals surface area (Å²) in [5.41, 5.74) is 2.09. The molecule has 0 aliphatic heterocycles. The smallest absolute Gasteiger partial charge is 0.128 e. The summed E-state index contributed by atoms with van der Waals surface area (Å²) >= 11 is 0. The molecule has 4 heteroatoms. The van der Waals surface area contributed by atoms with Crippen LogP contribution in [0, 0.1) is 5.82 Å². The molecule has 22 heavy (non-hydrogen) atoms. The van der Waals surface area contributed by atoms with Gasteiger partial charge in [-0.1, -0.05) is 24.3 Å². The highest BCUT2D eigenvalue weighted by atomic mass is 19.1. The van der Waals surface area contributed by atoms with E-state index in [1.54, 1.807) is 12.1 Å². The second-order valence-corrected chi connectivity index (χ2v) is 5.24. The summed E-state index contributed by atoms with van der Waals surface area (Å²) in [5.74, 6) is 0.631. The Morgan fingerprint density at radius 1 is 1.00 bits per heavy atom. The van der Waals surface area contributed by atoms with Crippen molar-refractivity contribution in [1.29, 1.82) is 0 Å². The number of aliphatic hydroxyl groups excluding tert-OH is 1. The van der Waals surface area contributed by atoms with Crippen molar-refractivity contribution in [3.8, 4) is 5.75 Å². The lowest BCUT2D eigenvalue weighted by Gasteiger charge is -2.11. The molecule has 3 N–H and O–H groups in total. The van der Waals surface area contributed by atoms with Crippen molar-refractivity contribution >= 4 is 0 Å². The van der Waals surface area contributed by atoms with Gasteiger partial charge in [0, 0.05) is 12.2 Å². The molecule has 2 aromatic carbocycles. The van der Waals surface area contributed by atoms with E-state index in [0.717, 1.165) is 42.8 Å². The Morgan fingerprint density at radius 2 is 1.77 bits per heavy atom. The molecule has 3 nitrogen and oxygen atoms in total. The molecule has 0 aliphatic rings. The van der Waals surface area contributed by atoms with Gasteiger partial charge in [0.15, 0.2) is 0 Å². The van der Waals surface area contributed by atoms with Gasteiger partial charge >= 0.3 is 0 Å². The van der Waals surface area contributed by atoms with Crippen molar-refractivity contribution in [3.05, 3.63) is 65.5 Å². The van der Waals surface area contributed by atoms with Crippen molar-refractivity contribution in [2.45, 2.75) is 26.0 Å². The van der Waals surface area contributed by atoms with Crippen LogP contribution < -0.4 is 10.1 Å². The van der Waals surface area contributed by atoms with Gasteiger partial charge in [0.25, 0.3) is 0 Å². The zero-order chi connectivity index (χ0) is 15.6. The van der Waals surface area contributed by atoms with Gasteiger partial charge in [0.2, 0.25) is 0 Å². The molecule has 0 bridgehead atoms. The monoisotopic (exact) mass is 304 g/mol. The van der Waals surface area contributed by atoms with E-state index in [4.69, 9.17) is 9.84 Å².